The van der Waals surface area contributed by atoms with E-state index in [1.54, 1.807) is 48.5 Å². The first-order chi connectivity index (χ1) is 14.9. The zero-order valence-electron chi connectivity index (χ0n) is 17.1. The second kappa shape index (κ2) is 8.85. The molecule has 0 aliphatic carbocycles. The van der Waals surface area contributed by atoms with Crippen molar-refractivity contribution in [3.8, 4) is 5.75 Å². The standard InChI is InChI=1S/C23H21FN4O2S/c1-14(2)11-20-27-28-21(25)18(22(29)26-23(28)31-20)12-15-7-9-17(10-8-15)30-13-16-5-3-4-6-19(16)24/h3-10,12,14,25H,11,13H2,1-2H3/b18-12-,25-21?. The maximum atomic E-state index is 13.7. The second-order valence-corrected chi connectivity index (χ2v) is 8.60. The van der Waals surface area contributed by atoms with Gasteiger partial charge in [0.25, 0.3) is 5.91 Å². The smallest absolute Gasteiger partial charge is 0.283 e. The van der Waals surface area contributed by atoms with Gasteiger partial charge in [0.1, 0.15) is 23.2 Å². The number of hydrogen-bond donors (Lipinski definition) is 1. The Morgan fingerprint density at radius 2 is 1.94 bits per heavy atom. The summed E-state index contributed by atoms with van der Waals surface area (Å²) in [6.45, 7) is 4.30. The number of aliphatic imine (C=N–C) groups is 1. The van der Waals surface area contributed by atoms with Crippen LogP contribution < -0.4 is 4.74 Å². The van der Waals surface area contributed by atoms with Crippen molar-refractivity contribution in [1.82, 2.24) is 5.01 Å². The molecule has 0 fully saturated rings. The summed E-state index contributed by atoms with van der Waals surface area (Å²) < 4.78 is 19.3. The number of fused-ring (bicyclic) bond motifs is 1. The van der Waals surface area contributed by atoms with E-state index in [2.05, 4.69) is 23.9 Å². The highest BCUT2D eigenvalue weighted by Crippen LogP contribution is 2.30. The number of carbonyl (C=O) groups is 1. The van der Waals surface area contributed by atoms with E-state index >= 15 is 0 Å². The van der Waals surface area contributed by atoms with Crippen molar-refractivity contribution in [3.63, 3.8) is 0 Å². The maximum absolute atomic E-state index is 13.7. The number of rotatable bonds is 6. The first-order valence-corrected chi connectivity index (χ1v) is 10.7. The summed E-state index contributed by atoms with van der Waals surface area (Å²) in [6, 6.07) is 13.5. The van der Waals surface area contributed by atoms with E-state index in [4.69, 9.17) is 10.1 Å². The number of hydrazone groups is 1. The average molecular weight is 437 g/mol. The second-order valence-electron chi connectivity index (χ2n) is 7.56. The van der Waals surface area contributed by atoms with Crippen LogP contribution in [0.2, 0.25) is 0 Å². The van der Waals surface area contributed by atoms with Gasteiger partial charge in [0.15, 0.2) is 5.84 Å². The summed E-state index contributed by atoms with van der Waals surface area (Å²) >= 11 is 1.34. The molecule has 1 N–H and O–H groups in total. The van der Waals surface area contributed by atoms with E-state index in [0.717, 1.165) is 17.0 Å². The van der Waals surface area contributed by atoms with Gasteiger partial charge in [-0.1, -0.05) is 44.2 Å². The molecule has 2 aromatic carbocycles. The van der Waals surface area contributed by atoms with Gasteiger partial charge in [0, 0.05) is 12.0 Å². The fourth-order valence-electron chi connectivity index (χ4n) is 3.07. The van der Waals surface area contributed by atoms with Crippen LogP contribution in [0.4, 0.5) is 4.39 Å². The number of carbonyl (C=O) groups excluding carboxylic acids is 1. The molecule has 0 bridgehead atoms. The number of hydrogen-bond acceptors (Lipinski definition) is 5. The minimum Gasteiger partial charge on any atom is -0.489 e. The van der Waals surface area contributed by atoms with Crippen LogP contribution in [0, 0.1) is 17.1 Å². The summed E-state index contributed by atoms with van der Waals surface area (Å²) in [5.74, 6) is 0.255. The third-order valence-electron chi connectivity index (χ3n) is 4.62. The number of halogens is 1. The number of ether oxygens (including phenoxy) is 1. The van der Waals surface area contributed by atoms with Crippen LogP contribution in [0.5, 0.6) is 5.75 Å². The van der Waals surface area contributed by atoms with Crippen LogP contribution in [0.1, 0.15) is 31.4 Å². The van der Waals surface area contributed by atoms with Crippen LogP contribution in [-0.2, 0) is 11.4 Å². The molecule has 0 unspecified atom stereocenters. The lowest BCUT2D eigenvalue weighted by Crippen LogP contribution is -2.35. The van der Waals surface area contributed by atoms with Crippen LogP contribution in [0.25, 0.3) is 6.08 Å². The van der Waals surface area contributed by atoms with E-state index < -0.39 is 5.91 Å². The van der Waals surface area contributed by atoms with Crippen LogP contribution >= 0.6 is 11.8 Å². The molecule has 31 heavy (non-hydrogen) atoms. The largest absolute Gasteiger partial charge is 0.489 e. The van der Waals surface area contributed by atoms with E-state index in [9.17, 15) is 9.18 Å². The minimum absolute atomic E-state index is 0.0149. The maximum Gasteiger partial charge on any atom is 0.283 e. The van der Waals surface area contributed by atoms with Crippen LogP contribution in [-0.4, -0.2) is 27.0 Å². The van der Waals surface area contributed by atoms with Gasteiger partial charge in [-0.25, -0.2) is 4.39 Å². The molecule has 8 heteroatoms. The molecule has 0 spiro atoms. The lowest BCUT2D eigenvalue weighted by Gasteiger charge is -2.20. The Morgan fingerprint density at radius 1 is 1.19 bits per heavy atom. The van der Waals surface area contributed by atoms with E-state index in [1.807, 2.05) is 0 Å². The molecule has 0 atom stereocenters. The van der Waals surface area contributed by atoms with Gasteiger partial charge >= 0.3 is 0 Å². The zero-order chi connectivity index (χ0) is 22.0. The Kier molecular flexibility index (Phi) is 5.99. The molecule has 2 aliphatic rings. The SMILES string of the molecule is CC(C)CC1=NN2C(=N)/C(=C/c3ccc(OCc4ccccc4F)cc3)C(=O)N=C2S1. The fraction of sp³-hybridized carbons (Fsp3) is 0.217. The summed E-state index contributed by atoms with van der Waals surface area (Å²) in [4.78, 5) is 16.6. The molecule has 2 aliphatic heterocycles. The molecule has 158 valence electrons. The van der Waals surface area contributed by atoms with Gasteiger partial charge < -0.3 is 4.74 Å². The quantitative estimate of drug-likeness (QED) is 0.642. The molecule has 1 amide bonds. The van der Waals surface area contributed by atoms with Crippen molar-refractivity contribution >= 4 is 39.8 Å². The molecule has 2 aromatic rings. The molecule has 2 heterocycles. The average Bonchev–Trinajstić information content (AvgIpc) is 3.13. The number of nitrogens with zero attached hydrogens (tertiary/aromatic N) is 3. The monoisotopic (exact) mass is 436 g/mol. The molecule has 6 nitrogen and oxygen atoms in total. The van der Waals surface area contributed by atoms with Gasteiger partial charge in [-0.2, -0.15) is 15.1 Å². The van der Waals surface area contributed by atoms with E-state index in [0.29, 0.717) is 22.4 Å². The molecule has 0 aromatic heterocycles. The van der Waals surface area contributed by atoms with Crippen molar-refractivity contribution in [2.45, 2.75) is 26.9 Å². The normalized spacial score (nSPS) is 17.2. The van der Waals surface area contributed by atoms with Gasteiger partial charge in [0.2, 0.25) is 5.17 Å². The topological polar surface area (TPSA) is 78.1 Å². The van der Waals surface area contributed by atoms with Crippen molar-refractivity contribution in [2.24, 2.45) is 16.0 Å². The molecule has 0 saturated heterocycles. The first kappa shape index (κ1) is 21.0. The van der Waals surface area contributed by atoms with Crippen molar-refractivity contribution in [1.29, 1.82) is 5.41 Å². The highest BCUT2D eigenvalue weighted by molar-refractivity contribution is 8.26. The van der Waals surface area contributed by atoms with Gasteiger partial charge in [-0.3, -0.25) is 10.2 Å². The highest BCUT2D eigenvalue weighted by Gasteiger charge is 2.35. The molecule has 4 rings (SSSR count). The fourth-order valence-corrected chi connectivity index (χ4v) is 4.16. The van der Waals surface area contributed by atoms with Crippen LogP contribution in [0.3, 0.4) is 0 Å². The first-order valence-electron chi connectivity index (χ1n) is 9.86. The predicted molar refractivity (Wildman–Crippen MR) is 122 cm³/mol. The van der Waals surface area contributed by atoms with Gasteiger partial charge in [-0.05, 0) is 47.5 Å². The molecule has 0 saturated carbocycles. The summed E-state index contributed by atoms with van der Waals surface area (Å²) in [7, 11) is 0. The number of thioether (sulfide) groups is 1. The Labute approximate surface area is 184 Å². The molecular weight excluding hydrogens is 415 g/mol. The third kappa shape index (κ3) is 4.74. The van der Waals surface area contributed by atoms with Crippen molar-refractivity contribution in [3.05, 3.63) is 71.0 Å². The van der Waals surface area contributed by atoms with E-state index in [-0.39, 0.29) is 23.8 Å². The Balaban J connectivity index is 1.47. The summed E-state index contributed by atoms with van der Waals surface area (Å²) in [5.41, 5.74) is 1.38. The van der Waals surface area contributed by atoms with Crippen LogP contribution in [0.15, 0.2) is 64.2 Å². The number of amidine groups is 2. The lowest BCUT2D eigenvalue weighted by atomic mass is 10.1. The van der Waals surface area contributed by atoms with Gasteiger partial charge in [0.05, 0.1) is 5.57 Å². The lowest BCUT2D eigenvalue weighted by molar-refractivity contribution is -0.114. The number of benzene rings is 2. The Morgan fingerprint density at radius 3 is 2.65 bits per heavy atom. The number of amides is 1. The Hall–Kier alpha value is -3.26. The number of nitrogens with one attached hydrogen (secondary N) is 1. The third-order valence-corrected chi connectivity index (χ3v) is 5.55. The molecular formula is C23H21FN4O2S. The van der Waals surface area contributed by atoms with Gasteiger partial charge in [-0.15, -0.1) is 0 Å². The summed E-state index contributed by atoms with van der Waals surface area (Å²) in [6.07, 6.45) is 2.39. The predicted octanol–water partition coefficient (Wildman–Crippen LogP) is 5.07. The zero-order valence-corrected chi connectivity index (χ0v) is 17.9. The Bertz CT molecular complexity index is 1120. The molecule has 0 radical (unpaired) electrons. The summed E-state index contributed by atoms with van der Waals surface area (Å²) in [5, 5.41) is 15.6. The minimum atomic E-state index is -0.454. The van der Waals surface area contributed by atoms with Crippen molar-refractivity contribution < 1.29 is 13.9 Å². The van der Waals surface area contributed by atoms with E-state index in [1.165, 1.54) is 22.8 Å². The highest BCUT2D eigenvalue weighted by atomic mass is 32.2. The van der Waals surface area contributed by atoms with Crippen molar-refractivity contribution in [2.75, 3.05) is 0 Å².